The van der Waals surface area contributed by atoms with E-state index in [2.05, 4.69) is 22.5 Å². The second-order valence-electron chi connectivity index (χ2n) is 10.4. The van der Waals surface area contributed by atoms with Crippen LogP contribution in [0, 0.1) is 12.7 Å². The van der Waals surface area contributed by atoms with Crippen molar-refractivity contribution in [3.05, 3.63) is 107 Å². The summed E-state index contributed by atoms with van der Waals surface area (Å²) in [5.41, 5.74) is 4.45. The molecule has 1 unspecified atom stereocenters. The Morgan fingerprint density at radius 2 is 1.86 bits per heavy atom. The molecule has 0 fully saturated rings. The van der Waals surface area contributed by atoms with E-state index >= 15 is 0 Å². The molecule has 0 bridgehead atoms. The van der Waals surface area contributed by atoms with Gasteiger partial charge in [0, 0.05) is 17.1 Å². The maximum Gasteiger partial charge on any atom is 0.255 e. The monoisotopic (exact) mass is 585 g/mol. The quantitative estimate of drug-likeness (QED) is 0.130. The van der Waals surface area contributed by atoms with Crippen molar-refractivity contribution in [1.29, 1.82) is 0 Å². The first-order valence-corrected chi connectivity index (χ1v) is 15.3. The molecule has 3 aromatic carbocycles. The van der Waals surface area contributed by atoms with E-state index in [0.29, 0.717) is 40.3 Å². The Bertz CT molecular complexity index is 1570. The van der Waals surface area contributed by atoms with Gasteiger partial charge in [-0.05, 0) is 67.3 Å². The van der Waals surface area contributed by atoms with Gasteiger partial charge in [0.1, 0.15) is 17.6 Å². The summed E-state index contributed by atoms with van der Waals surface area (Å²) in [4.78, 5) is 18.5. The summed E-state index contributed by atoms with van der Waals surface area (Å²) in [6, 6.07) is 21.7. The standard InChI is InChI=1S/C33H36FN5O2S/c1-4-5-6-9-19-41-27-17-15-24(16-18-27)30-29(31(40)36-26-13-10-11-22(2)20-26)23(3)35-32-37-33(38-39(30)32)42-21-25-12-7-8-14-28(25)34/h7-8,10-18,20,30H,4-6,9,19,21H2,1-3H3,(H,36,40)(H,35,37,38). The molecule has 2 N–H and O–H groups in total. The third kappa shape index (κ3) is 7.02. The SMILES string of the molecule is CCCCCCOc1ccc(C2C(C(=O)Nc3cccc(C)c3)=C(C)Nc3nc(SCc4ccccc4F)nn32)cc1. The maximum absolute atomic E-state index is 14.2. The Kier molecular flexibility index (Phi) is 9.59. The van der Waals surface area contributed by atoms with E-state index in [1.807, 2.05) is 68.4 Å². The van der Waals surface area contributed by atoms with E-state index in [0.717, 1.165) is 35.4 Å². The van der Waals surface area contributed by atoms with Crippen LogP contribution in [0.5, 0.6) is 5.75 Å². The first-order chi connectivity index (χ1) is 20.4. The Balaban J connectivity index is 1.42. The number of thioether (sulfide) groups is 1. The van der Waals surface area contributed by atoms with Crippen LogP contribution in [0.2, 0.25) is 0 Å². The Labute approximate surface area is 250 Å². The molecular weight excluding hydrogens is 549 g/mol. The number of anilines is 2. The topological polar surface area (TPSA) is 81.1 Å². The third-order valence-corrected chi connectivity index (χ3v) is 8.02. The molecule has 4 aromatic rings. The van der Waals surface area contributed by atoms with Gasteiger partial charge in [0.25, 0.3) is 5.91 Å². The van der Waals surface area contributed by atoms with Crippen molar-refractivity contribution >= 4 is 29.3 Å². The van der Waals surface area contributed by atoms with Gasteiger partial charge in [-0.1, -0.05) is 80.4 Å². The zero-order chi connectivity index (χ0) is 29.5. The zero-order valence-electron chi connectivity index (χ0n) is 24.2. The maximum atomic E-state index is 14.2. The summed E-state index contributed by atoms with van der Waals surface area (Å²) in [6.07, 6.45) is 4.56. The van der Waals surface area contributed by atoms with Crippen molar-refractivity contribution in [3.63, 3.8) is 0 Å². The molecule has 0 spiro atoms. The molecule has 218 valence electrons. The van der Waals surface area contributed by atoms with Gasteiger partial charge in [-0.3, -0.25) is 4.79 Å². The van der Waals surface area contributed by atoms with Crippen LogP contribution in [0.25, 0.3) is 0 Å². The molecule has 1 aromatic heterocycles. The lowest BCUT2D eigenvalue weighted by molar-refractivity contribution is -0.113. The molecule has 7 nitrogen and oxygen atoms in total. The molecule has 0 saturated carbocycles. The number of nitrogens with zero attached hydrogens (tertiary/aromatic N) is 3. The molecule has 1 amide bonds. The van der Waals surface area contributed by atoms with E-state index in [1.54, 1.807) is 16.8 Å². The molecule has 1 aliphatic rings. The summed E-state index contributed by atoms with van der Waals surface area (Å²) < 4.78 is 21.9. The van der Waals surface area contributed by atoms with Crippen LogP contribution in [0.1, 0.15) is 62.3 Å². The number of amides is 1. The molecular formula is C33H36FN5O2S. The fraction of sp³-hybridized carbons (Fsp3) is 0.303. The van der Waals surface area contributed by atoms with Crippen molar-refractivity contribution in [2.75, 3.05) is 17.2 Å². The van der Waals surface area contributed by atoms with Gasteiger partial charge in [-0.2, -0.15) is 4.98 Å². The molecule has 9 heteroatoms. The fourth-order valence-electron chi connectivity index (χ4n) is 4.94. The van der Waals surface area contributed by atoms with Gasteiger partial charge in [-0.15, -0.1) is 5.10 Å². The largest absolute Gasteiger partial charge is 0.494 e. The number of aryl methyl sites for hydroxylation is 1. The fourth-order valence-corrected chi connectivity index (χ4v) is 5.75. The van der Waals surface area contributed by atoms with Crippen molar-refractivity contribution in [2.45, 2.75) is 63.4 Å². The van der Waals surface area contributed by atoms with Crippen LogP contribution in [-0.2, 0) is 10.5 Å². The lowest BCUT2D eigenvalue weighted by Gasteiger charge is -2.28. The van der Waals surface area contributed by atoms with Crippen LogP contribution < -0.4 is 15.4 Å². The van der Waals surface area contributed by atoms with Gasteiger partial charge in [0.15, 0.2) is 0 Å². The molecule has 0 radical (unpaired) electrons. The van der Waals surface area contributed by atoms with E-state index < -0.39 is 6.04 Å². The number of carbonyl (C=O) groups is 1. The number of halogens is 1. The highest BCUT2D eigenvalue weighted by Crippen LogP contribution is 2.37. The molecule has 42 heavy (non-hydrogen) atoms. The first-order valence-electron chi connectivity index (χ1n) is 14.3. The summed E-state index contributed by atoms with van der Waals surface area (Å²) in [5, 5.41) is 11.6. The second kappa shape index (κ2) is 13.7. The lowest BCUT2D eigenvalue weighted by atomic mass is 9.95. The van der Waals surface area contributed by atoms with Crippen molar-refractivity contribution < 1.29 is 13.9 Å². The summed E-state index contributed by atoms with van der Waals surface area (Å²) >= 11 is 1.35. The van der Waals surface area contributed by atoms with Crippen molar-refractivity contribution in [1.82, 2.24) is 14.8 Å². The number of nitrogens with one attached hydrogen (secondary N) is 2. The number of allylic oxidation sites excluding steroid dienone is 1. The number of ether oxygens (including phenoxy) is 1. The number of rotatable bonds is 12. The number of hydrogen-bond acceptors (Lipinski definition) is 6. The van der Waals surface area contributed by atoms with Crippen LogP contribution >= 0.6 is 11.8 Å². The smallest absolute Gasteiger partial charge is 0.255 e. The zero-order valence-corrected chi connectivity index (χ0v) is 25.0. The van der Waals surface area contributed by atoms with Gasteiger partial charge >= 0.3 is 0 Å². The Morgan fingerprint density at radius 1 is 1.05 bits per heavy atom. The normalized spacial score (nSPS) is 14.3. The lowest BCUT2D eigenvalue weighted by Crippen LogP contribution is -2.31. The van der Waals surface area contributed by atoms with Gasteiger partial charge in [-0.25, -0.2) is 9.07 Å². The molecule has 1 aliphatic heterocycles. The third-order valence-electron chi connectivity index (χ3n) is 7.13. The van der Waals surface area contributed by atoms with Crippen LogP contribution in [0.15, 0.2) is 89.2 Å². The summed E-state index contributed by atoms with van der Waals surface area (Å²) in [6.45, 7) is 6.72. The van der Waals surface area contributed by atoms with E-state index in [9.17, 15) is 9.18 Å². The average molecular weight is 586 g/mol. The summed E-state index contributed by atoms with van der Waals surface area (Å²) in [5.74, 6) is 1.21. The molecule has 5 rings (SSSR count). The van der Waals surface area contributed by atoms with Crippen molar-refractivity contribution in [3.8, 4) is 5.75 Å². The van der Waals surface area contributed by atoms with Gasteiger partial charge in [0.2, 0.25) is 11.1 Å². The molecule has 2 heterocycles. The van der Waals surface area contributed by atoms with Gasteiger partial charge in [0.05, 0.1) is 12.2 Å². The van der Waals surface area contributed by atoms with E-state index in [4.69, 9.17) is 9.84 Å². The predicted molar refractivity (Wildman–Crippen MR) is 166 cm³/mol. The number of fused-ring (bicyclic) bond motifs is 1. The van der Waals surface area contributed by atoms with Crippen LogP contribution in [0.4, 0.5) is 16.0 Å². The van der Waals surface area contributed by atoms with Crippen LogP contribution in [-0.4, -0.2) is 27.3 Å². The van der Waals surface area contributed by atoms with Gasteiger partial charge < -0.3 is 15.4 Å². The number of aromatic nitrogens is 3. The Morgan fingerprint density at radius 3 is 2.62 bits per heavy atom. The highest BCUT2D eigenvalue weighted by atomic mass is 32.2. The molecule has 0 aliphatic carbocycles. The van der Waals surface area contributed by atoms with E-state index in [1.165, 1.54) is 30.7 Å². The van der Waals surface area contributed by atoms with Crippen LogP contribution in [0.3, 0.4) is 0 Å². The predicted octanol–water partition coefficient (Wildman–Crippen LogP) is 7.90. The van der Waals surface area contributed by atoms with E-state index in [-0.39, 0.29) is 11.7 Å². The minimum Gasteiger partial charge on any atom is -0.494 e. The minimum atomic E-state index is -0.528. The molecule has 0 saturated heterocycles. The number of benzene rings is 3. The highest BCUT2D eigenvalue weighted by Gasteiger charge is 2.34. The Hall–Kier alpha value is -4.11. The minimum absolute atomic E-state index is 0.228. The number of hydrogen-bond donors (Lipinski definition) is 2. The highest BCUT2D eigenvalue weighted by molar-refractivity contribution is 7.98. The summed E-state index contributed by atoms with van der Waals surface area (Å²) in [7, 11) is 0. The average Bonchev–Trinajstić information content (AvgIpc) is 3.38. The number of carbonyl (C=O) groups excluding carboxylic acids is 1. The second-order valence-corrected chi connectivity index (χ2v) is 11.4. The molecule has 1 atom stereocenters. The first kappa shape index (κ1) is 29.4. The number of unbranched alkanes of at least 4 members (excludes halogenated alkanes) is 3. The van der Waals surface area contributed by atoms with Crippen molar-refractivity contribution in [2.24, 2.45) is 0 Å².